The third kappa shape index (κ3) is 1.76. The predicted octanol–water partition coefficient (Wildman–Crippen LogP) is 2.30. The van der Waals surface area contributed by atoms with Crippen molar-refractivity contribution in [2.24, 2.45) is 5.41 Å². The van der Waals surface area contributed by atoms with Gasteiger partial charge in [0.25, 0.3) is 0 Å². The van der Waals surface area contributed by atoms with Crippen molar-refractivity contribution < 1.29 is 0 Å². The first-order chi connectivity index (χ1) is 4.61. The van der Waals surface area contributed by atoms with Crippen LogP contribution in [0.2, 0.25) is 0 Å². The van der Waals surface area contributed by atoms with E-state index in [0.29, 0.717) is 5.41 Å². The summed E-state index contributed by atoms with van der Waals surface area (Å²) in [5, 5.41) is 3.42. The van der Waals surface area contributed by atoms with Gasteiger partial charge in [-0.2, -0.15) is 0 Å². The van der Waals surface area contributed by atoms with Crippen molar-refractivity contribution >= 4 is 0 Å². The van der Waals surface area contributed by atoms with Gasteiger partial charge in [-0.25, -0.2) is 0 Å². The van der Waals surface area contributed by atoms with E-state index in [9.17, 15) is 0 Å². The zero-order valence-corrected chi connectivity index (χ0v) is 7.20. The number of nitrogens with one attached hydrogen (secondary N) is 1. The largest absolute Gasteiger partial charge is 0.388 e. The van der Waals surface area contributed by atoms with Gasteiger partial charge in [0.1, 0.15) is 0 Å². The molecule has 0 aliphatic carbocycles. The maximum Gasteiger partial charge on any atom is 0.0147 e. The second-order valence-electron chi connectivity index (χ2n) is 3.94. The Kier molecular flexibility index (Phi) is 2.02. The molecule has 1 heteroatoms. The molecule has 0 saturated carbocycles. The van der Waals surface area contributed by atoms with Gasteiger partial charge < -0.3 is 5.32 Å². The Morgan fingerprint density at radius 2 is 2.10 bits per heavy atom. The number of hydrogen-bond donors (Lipinski definition) is 1. The van der Waals surface area contributed by atoms with Crippen LogP contribution in [0.3, 0.4) is 0 Å². The average Bonchev–Trinajstić information content (AvgIpc) is 1.88. The molecular formula is C9H17N. The summed E-state index contributed by atoms with van der Waals surface area (Å²) in [6.45, 7) is 7.90. The van der Waals surface area contributed by atoms with E-state index in [1.54, 1.807) is 0 Å². The fourth-order valence-electron chi connectivity index (χ4n) is 1.22. The van der Waals surface area contributed by atoms with Crippen LogP contribution in [0.1, 0.15) is 33.6 Å². The number of allylic oxidation sites excluding steroid dienone is 2. The molecule has 0 unspecified atom stereocenters. The molecule has 0 aromatic carbocycles. The van der Waals surface area contributed by atoms with Crippen LogP contribution in [0.25, 0.3) is 0 Å². The highest BCUT2D eigenvalue weighted by atomic mass is 14.9. The maximum absolute atomic E-state index is 3.42. The summed E-state index contributed by atoms with van der Waals surface area (Å²) in [6, 6.07) is 0. The highest BCUT2D eigenvalue weighted by Crippen LogP contribution is 2.24. The first-order valence-electron chi connectivity index (χ1n) is 4.05. The monoisotopic (exact) mass is 139 g/mol. The lowest BCUT2D eigenvalue weighted by atomic mass is 9.89. The minimum absolute atomic E-state index is 0.320. The SMILES string of the molecule is CC(C)(C)C1=CCCCN1. The molecule has 0 radical (unpaired) electrons. The molecular weight excluding hydrogens is 122 g/mol. The van der Waals surface area contributed by atoms with Crippen LogP contribution in [-0.2, 0) is 0 Å². The molecule has 0 saturated heterocycles. The molecule has 0 aromatic heterocycles. The molecule has 1 nitrogen and oxygen atoms in total. The van der Waals surface area contributed by atoms with Gasteiger partial charge in [-0.05, 0) is 12.8 Å². The van der Waals surface area contributed by atoms with Crippen molar-refractivity contribution in [2.75, 3.05) is 6.54 Å². The summed E-state index contributed by atoms with van der Waals surface area (Å²) in [7, 11) is 0. The third-order valence-corrected chi connectivity index (χ3v) is 1.85. The van der Waals surface area contributed by atoms with E-state index in [0.717, 1.165) is 6.54 Å². The fraction of sp³-hybridized carbons (Fsp3) is 0.778. The fourth-order valence-corrected chi connectivity index (χ4v) is 1.22. The third-order valence-electron chi connectivity index (χ3n) is 1.85. The lowest BCUT2D eigenvalue weighted by Crippen LogP contribution is -2.27. The van der Waals surface area contributed by atoms with Crippen LogP contribution in [0.4, 0.5) is 0 Å². The van der Waals surface area contributed by atoms with E-state index >= 15 is 0 Å². The van der Waals surface area contributed by atoms with Crippen LogP contribution in [-0.4, -0.2) is 6.54 Å². The normalized spacial score (nSPS) is 19.7. The molecule has 58 valence electrons. The highest BCUT2D eigenvalue weighted by molar-refractivity contribution is 5.10. The van der Waals surface area contributed by atoms with Crippen molar-refractivity contribution in [1.82, 2.24) is 5.32 Å². The Balaban J connectivity index is 2.62. The zero-order chi connectivity index (χ0) is 7.61. The molecule has 10 heavy (non-hydrogen) atoms. The molecule has 1 aliphatic rings. The van der Waals surface area contributed by atoms with Gasteiger partial charge in [0.15, 0.2) is 0 Å². The molecule has 1 N–H and O–H groups in total. The molecule has 0 aromatic rings. The number of hydrogen-bond acceptors (Lipinski definition) is 1. The van der Waals surface area contributed by atoms with Crippen LogP contribution >= 0.6 is 0 Å². The van der Waals surface area contributed by atoms with Gasteiger partial charge in [0, 0.05) is 17.7 Å². The van der Waals surface area contributed by atoms with Crippen LogP contribution in [0.15, 0.2) is 11.8 Å². The number of rotatable bonds is 0. The Morgan fingerprint density at radius 3 is 2.40 bits per heavy atom. The molecule has 1 heterocycles. The lowest BCUT2D eigenvalue weighted by Gasteiger charge is -2.27. The second-order valence-corrected chi connectivity index (χ2v) is 3.94. The Morgan fingerprint density at radius 1 is 1.40 bits per heavy atom. The first kappa shape index (κ1) is 7.64. The smallest absolute Gasteiger partial charge is 0.0147 e. The van der Waals surface area contributed by atoms with E-state index in [1.165, 1.54) is 18.5 Å². The zero-order valence-electron chi connectivity index (χ0n) is 7.20. The second kappa shape index (κ2) is 2.65. The van der Waals surface area contributed by atoms with E-state index < -0.39 is 0 Å². The van der Waals surface area contributed by atoms with Gasteiger partial charge >= 0.3 is 0 Å². The van der Waals surface area contributed by atoms with Crippen molar-refractivity contribution in [3.05, 3.63) is 11.8 Å². The summed E-state index contributed by atoms with van der Waals surface area (Å²) in [4.78, 5) is 0. The molecule has 1 rings (SSSR count). The summed E-state index contributed by atoms with van der Waals surface area (Å²) < 4.78 is 0. The minimum atomic E-state index is 0.320. The summed E-state index contributed by atoms with van der Waals surface area (Å²) in [5.74, 6) is 0. The van der Waals surface area contributed by atoms with Crippen molar-refractivity contribution in [3.63, 3.8) is 0 Å². The Bertz CT molecular complexity index is 139. The van der Waals surface area contributed by atoms with Crippen molar-refractivity contribution in [3.8, 4) is 0 Å². The van der Waals surface area contributed by atoms with E-state index in [1.807, 2.05) is 0 Å². The lowest BCUT2D eigenvalue weighted by molar-refractivity contribution is 0.443. The van der Waals surface area contributed by atoms with E-state index in [4.69, 9.17) is 0 Å². The van der Waals surface area contributed by atoms with Crippen molar-refractivity contribution in [1.29, 1.82) is 0 Å². The van der Waals surface area contributed by atoms with Crippen LogP contribution in [0.5, 0.6) is 0 Å². The summed E-state index contributed by atoms with van der Waals surface area (Å²) in [6.07, 6.45) is 4.86. The minimum Gasteiger partial charge on any atom is -0.388 e. The van der Waals surface area contributed by atoms with Gasteiger partial charge in [0.2, 0.25) is 0 Å². The first-order valence-corrected chi connectivity index (χ1v) is 4.05. The summed E-state index contributed by atoms with van der Waals surface area (Å²) in [5.41, 5.74) is 1.74. The maximum atomic E-state index is 3.42. The van der Waals surface area contributed by atoms with Crippen molar-refractivity contribution in [2.45, 2.75) is 33.6 Å². The molecule has 0 fully saturated rings. The summed E-state index contributed by atoms with van der Waals surface area (Å²) >= 11 is 0. The molecule has 0 atom stereocenters. The van der Waals surface area contributed by atoms with Gasteiger partial charge in [0.05, 0.1) is 0 Å². The predicted molar refractivity (Wildman–Crippen MR) is 44.8 cm³/mol. The standard InChI is InChI=1S/C9H17N/c1-9(2,3)8-6-4-5-7-10-8/h6,10H,4-5,7H2,1-3H3. The highest BCUT2D eigenvalue weighted by Gasteiger charge is 2.17. The van der Waals surface area contributed by atoms with Crippen LogP contribution in [0, 0.1) is 5.41 Å². The Labute approximate surface area is 63.5 Å². The quantitative estimate of drug-likeness (QED) is 0.543. The molecule has 0 bridgehead atoms. The van der Waals surface area contributed by atoms with Crippen LogP contribution < -0.4 is 5.32 Å². The van der Waals surface area contributed by atoms with Gasteiger partial charge in [-0.3, -0.25) is 0 Å². The van der Waals surface area contributed by atoms with Gasteiger partial charge in [-0.15, -0.1) is 0 Å². The topological polar surface area (TPSA) is 12.0 Å². The molecule has 0 spiro atoms. The van der Waals surface area contributed by atoms with E-state index in [-0.39, 0.29) is 0 Å². The average molecular weight is 139 g/mol. The Hall–Kier alpha value is -0.460. The van der Waals surface area contributed by atoms with Gasteiger partial charge in [-0.1, -0.05) is 26.8 Å². The van der Waals surface area contributed by atoms with E-state index in [2.05, 4.69) is 32.2 Å². The molecule has 0 amide bonds. The molecule has 1 aliphatic heterocycles.